The Morgan fingerprint density at radius 2 is 1.79 bits per heavy atom. The number of benzene rings is 2. The van der Waals surface area contributed by atoms with Crippen molar-refractivity contribution in [2.45, 2.75) is 6.92 Å². The molecule has 0 aliphatic carbocycles. The maximum Gasteiger partial charge on any atom is 0.337 e. The molecule has 0 aromatic heterocycles. The molecule has 0 atom stereocenters. The van der Waals surface area contributed by atoms with E-state index in [0.717, 1.165) is 5.75 Å². The summed E-state index contributed by atoms with van der Waals surface area (Å²) in [6.07, 6.45) is 0. The van der Waals surface area contributed by atoms with E-state index in [1.54, 1.807) is 48.5 Å². The predicted molar refractivity (Wildman–Crippen MR) is 92.5 cm³/mol. The van der Waals surface area contributed by atoms with Gasteiger partial charge in [0.05, 0.1) is 25.8 Å². The molecule has 0 heterocycles. The quantitative estimate of drug-likeness (QED) is 0.764. The molecule has 126 valence electrons. The largest absolute Gasteiger partial charge is 0.494 e. The van der Waals surface area contributed by atoms with Crippen molar-refractivity contribution in [3.8, 4) is 5.75 Å². The van der Waals surface area contributed by atoms with E-state index in [1.165, 1.54) is 7.11 Å². The van der Waals surface area contributed by atoms with Gasteiger partial charge in [-0.15, -0.1) is 0 Å². The van der Waals surface area contributed by atoms with E-state index in [-0.39, 0.29) is 12.5 Å². The smallest absolute Gasteiger partial charge is 0.337 e. The Morgan fingerprint density at radius 1 is 1.04 bits per heavy atom. The first-order chi connectivity index (χ1) is 11.6. The molecule has 1 amide bonds. The van der Waals surface area contributed by atoms with Crippen LogP contribution in [0.5, 0.6) is 5.75 Å². The Bertz CT molecular complexity index is 698. The predicted octanol–water partition coefficient (Wildman–Crippen LogP) is 2.92. The van der Waals surface area contributed by atoms with Crippen LogP contribution >= 0.6 is 0 Å². The average molecular weight is 328 g/mol. The van der Waals surface area contributed by atoms with Crippen LogP contribution in [0.25, 0.3) is 0 Å². The Hall–Kier alpha value is -3.02. The van der Waals surface area contributed by atoms with Crippen molar-refractivity contribution in [1.82, 2.24) is 0 Å². The minimum atomic E-state index is -0.419. The number of amides is 1. The van der Waals surface area contributed by atoms with E-state index >= 15 is 0 Å². The van der Waals surface area contributed by atoms with Gasteiger partial charge in [0.15, 0.2) is 0 Å². The van der Waals surface area contributed by atoms with Crippen LogP contribution in [0.15, 0.2) is 48.5 Å². The van der Waals surface area contributed by atoms with E-state index in [1.807, 2.05) is 6.92 Å². The molecule has 2 N–H and O–H groups in total. The van der Waals surface area contributed by atoms with Crippen molar-refractivity contribution in [1.29, 1.82) is 0 Å². The first kappa shape index (κ1) is 17.3. The molecule has 0 saturated heterocycles. The lowest BCUT2D eigenvalue weighted by Gasteiger charge is -2.09. The molecule has 0 aliphatic rings. The zero-order valence-electron chi connectivity index (χ0n) is 13.7. The highest BCUT2D eigenvalue weighted by Crippen LogP contribution is 2.16. The van der Waals surface area contributed by atoms with E-state index in [4.69, 9.17) is 4.74 Å². The number of hydrogen-bond acceptors (Lipinski definition) is 5. The molecule has 2 aromatic rings. The summed E-state index contributed by atoms with van der Waals surface area (Å²) in [7, 11) is 1.33. The summed E-state index contributed by atoms with van der Waals surface area (Å²) in [5.74, 6) is 0.147. The zero-order valence-corrected chi connectivity index (χ0v) is 13.7. The maximum absolute atomic E-state index is 12.0. The molecule has 0 bridgehead atoms. The zero-order chi connectivity index (χ0) is 17.4. The van der Waals surface area contributed by atoms with Crippen molar-refractivity contribution in [3.63, 3.8) is 0 Å². The third kappa shape index (κ3) is 5.01. The summed E-state index contributed by atoms with van der Waals surface area (Å²) in [6, 6.07) is 13.9. The van der Waals surface area contributed by atoms with Crippen LogP contribution < -0.4 is 15.4 Å². The minimum absolute atomic E-state index is 0.0812. The monoisotopic (exact) mass is 328 g/mol. The molecule has 6 nitrogen and oxygen atoms in total. The van der Waals surface area contributed by atoms with Gasteiger partial charge < -0.3 is 20.1 Å². The number of esters is 1. The topological polar surface area (TPSA) is 76.7 Å². The van der Waals surface area contributed by atoms with E-state index in [0.29, 0.717) is 23.5 Å². The molecule has 0 unspecified atom stereocenters. The lowest BCUT2D eigenvalue weighted by atomic mass is 10.2. The van der Waals surface area contributed by atoms with E-state index in [2.05, 4.69) is 15.4 Å². The summed E-state index contributed by atoms with van der Waals surface area (Å²) in [4.78, 5) is 23.5. The molecular formula is C18H20N2O4. The van der Waals surface area contributed by atoms with Crippen LogP contribution in [0.4, 0.5) is 11.4 Å². The van der Waals surface area contributed by atoms with Crippen LogP contribution in [0.3, 0.4) is 0 Å². The number of hydrogen-bond donors (Lipinski definition) is 2. The van der Waals surface area contributed by atoms with Crippen molar-refractivity contribution < 1.29 is 19.1 Å². The average Bonchev–Trinajstić information content (AvgIpc) is 2.61. The number of nitrogens with one attached hydrogen (secondary N) is 2. The fraction of sp³-hybridized carbons (Fsp3) is 0.222. The molecule has 0 saturated carbocycles. The highest BCUT2D eigenvalue weighted by Gasteiger charge is 2.07. The fourth-order valence-corrected chi connectivity index (χ4v) is 2.06. The van der Waals surface area contributed by atoms with Crippen molar-refractivity contribution in [3.05, 3.63) is 54.1 Å². The lowest BCUT2D eigenvalue weighted by molar-refractivity contribution is -0.114. The van der Waals surface area contributed by atoms with Crippen LogP contribution in [-0.2, 0) is 9.53 Å². The minimum Gasteiger partial charge on any atom is -0.494 e. The summed E-state index contributed by atoms with van der Waals surface area (Å²) >= 11 is 0. The van der Waals surface area contributed by atoms with Crippen molar-refractivity contribution in [2.75, 3.05) is 30.9 Å². The first-order valence-corrected chi connectivity index (χ1v) is 7.57. The van der Waals surface area contributed by atoms with E-state index in [9.17, 15) is 9.59 Å². The third-order valence-corrected chi connectivity index (χ3v) is 3.19. The van der Waals surface area contributed by atoms with Gasteiger partial charge in [-0.1, -0.05) is 6.07 Å². The summed E-state index contributed by atoms with van der Waals surface area (Å²) in [5.41, 5.74) is 1.78. The van der Waals surface area contributed by atoms with Gasteiger partial charge in [-0.05, 0) is 49.4 Å². The molecule has 0 aliphatic heterocycles. The van der Waals surface area contributed by atoms with Crippen LogP contribution in [0.2, 0.25) is 0 Å². The number of rotatable bonds is 7. The van der Waals surface area contributed by atoms with Crippen molar-refractivity contribution in [2.24, 2.45) is 0 Å². The third-order valence-electron chi connectivity index (χ3n) is 3.19. The SMILES string of the molecule is CCOc1ccc(NC(=O)CNc2cccc(C(=O)OC)c2)cc1. The van der Waals surface area contributed by atoms with Gasteiger partial charge >= 0.3 is 5.97 Å². The van der Waals surface area contributed by atoms with Crippen LogP contribution in [-0.4, -0.2) is 32.1 Å². The second-order valence-electron chi connectivity index (χ2n) is 4.93. The molecule has 6 heteroatoms. The summed E-state index contributed by atoms with van der Waals surface area (Å²) < 4.78 is 10.0. The van der Waals surface area contributed by atoms with Gasteiger partial charge in [-0.3, -0.25) is 4.79 Å². The second kappa shape index (κ2) is 8.57. The number of carbonyl (C=O) groups is 2. The Labute approximate surface area is 140 Å². The van der Waals surface area contributed by atoms with Gasteiger partial charge in [0.1, 0.15) is 5.75 Å². The number of anilines is 2. The van der Waals surface area contributed by atoms with Gasteiger partial charge in [0.2, 0.25) is 5.91 Å². The van der Waals surface area contributed by atoms with Gasteiger partial charge in [0.25, 0.3) is 0 Å². The van der Waals surface area contributed by atoms with E-state index < -0.39 is 5.97 Å². The molecule has 2 aromatic carbocycles. The maximum atomic E-state index is 12.0. The number of carbonyl (C=O) groups excluding carboxylic acids is 2. The molecule has 0 fully saturated rings. The normalized spacial score (nSPS) is 9.92. The van der Waals surface area contributed by atoms with Gasteiger partial charge in [-0.2, -0.15) is 0 Å². The first-order valence-electron chi connectivity index (χ1n) is 7.57. The summed E-state index contributed by atoms with van der Waals surface area (Å²) in [6.45, 7) is 2.59. The Kier molecular flexibility index (Phi) is 6.19. The molecule has 0 spiro atoms. The molecule has 0 radical (unpaired) electrons. The molecule has 2 rings (SSSR count). The fourth-order valence-electron chi connectivity index (χ4n) is 2.06. The highest BCUT2D eigenvalue weighted by atomic mass is 16.5. The standard InChI is InChI=1S/C18H20N2O4/c1-3-24-16-9-7-14(8-10-16)20-17(21)12-19-15-6-4-5-13(11-15)18(22)23-2/h4-11,19H,3,12H2,1-2H3,(H,20,21). The number of methoxy groups -OCH3 is 1. The van der Waals surface area contributed by atoms with Crippen LogP contribution in [0, 0.1) is 0 Å². The number of ether oxygens (including phenoxy) is 2. The lowest BCUT2D eigenvalue weighted by Crippen LogP contribution is -2.21. The van der Waals surface area contributed by atoms with Gasteiger partial charge in [-0.25, -0.2) is 4.79 Å². The second-order valence-corrected chi connectivity index (χ2v) is 4.93. The Morgan fingerprint density at radius 3 is 2.46 bits per heavy atom. The van der Waals surface area contributed by atoms with Gasteiger partial charge in [0, 0.05) is 11.4 Å². The summed E-state index contributed by atoms with van der Waals surface area (Å²) in [5, 5.41) is 5.75. The molecule has 24 heavy (non-hydrogen) atoms. The van der Waals surface area contributed by atoms with Crippen LogP contribution in [0.1, 0.15) is 17.3 Å². The Balaban J connectivity index is 1.87. The van der Waals surface area contributed by atoms with Crippen molar-refractivity contribution >= 4 is 23.3 Å². The molecular weight excluding hydrogens is 308 g/mol. The highest BCUT2D eigenvalue weighted by molar-refractivity contribution is 5.94.